The average molecular weight is 372 g/mol. The van der Waals surface area contributed by atoms with E-state index in [0.717, 1.165) is 6.42 Å². The molecule has 1 saturated heterocycles. The van der Waals surface area contributed by atoms with Crippen molar-refractivity contribution in [1.29, 1.82) is 0 Å². The van der Waals surface area contributed by atoms with Crippen molar-refractivity contribution in [2.24, 2.45) is 0 Å². The molecule has 3 heterocycles. The van der Waals surface area contributed by atoms with Gasteiger partial charge in [0, 0.05) is 18.7 Å². The van der Waals surface area contributed by atoms with Gasteiger partial charge in [0.15, 0.2) is 5.76 Å². The van der Waals surface area contributed by atoms with Crippen LogP contribution in [0.3, 0.4) is 0 Å². The molecule has 0 saturated carbocycles. The van der Waals surface area contributed by atoms with Gasteiger partial charge in [0.2, 0.25) is 0 Å². The molecule has 1 amide bonds. The van der Waals surface area contributed by atoms with E-state index >= 15 is 0 Å². The third kappa shape index (κ3) is 3.80. The summed E-state index contributed by atoms with van der Waals surface area (Å²) in [6.07, 6.45) is 3.82. The van der Waals surface area contributed by atoms with E-state index in [1.165, 1.54) is 5.56 Å². The predicted octanol–water partition coefficient (Wildman–Crippen LogP) is 2.47. The maximum absolute atomic E-state index is 12.4. The first-order valence-electron chi connectivity index (χ1n) is 8.31. The molecule has 1 aliphatic rings. The number of nitrogens with one attached hydrogen (secondary N) is 3. The first kappa shape index (κ1) is 16.8. The highest BCUT2D eigenvalue weighted by Gasteiger charge is 2.27. The van der Waals surface area contributed by atoms with Crippen LogP contribution in [0.25, 0.3) is 0 Å². The number of hydrogen-bond donors (Lipinski definition) is 3. The lowest BCUT2D eigenvalue weighted by Crippen LogP contribution is -2.44. The number of hydrogen-bond acceptors (Lipinski definition) is 5. The molecule has 0 radical (unpaired) electrons. The average Bonchev–Trinajstić information content (AvgIpc) is 3.38. The van der Waals surface area contributed by atoms with Crippen molar-refractivity contribution >= 4 is 17.5 Å². The highest BCUT2D eigenvalue weighted by molar-refractivity contribution is 6.30. The number of nitrogens with zero attached hydrogens (tertiary/aromatic N) is 2. The third-order valence-corrected chi connectivity index (χ3v) is 4.41. The number of furan rings is 1. The Morgan fingerprint density at radius 1 is 1.27 bits per heavy atom. The third-order valence-electron chi connectivity index (χ3n) is 4.22. The maximum Gasteiger partial charge on any atom is 0.288 e. The summed E-state index contributed by atoms with van der Waals surface area (Å²) >= 11 is 5.84. The largest absolute Gasteiger partial charge is 0.454 e. The molecule has 1 aromatic carbocycles. The number of hydrazine groups is 1. The van der Waals surface area contributed by atoms with Crippen LogP contribution in [0.15, 0.2) is 59.3 Å². The summed E-state index contributed by atoms with van der Waals surface area (Å²) in [6, 6.07) is 13.7. The smallest absolute Gasteiger partial charge is 0.288 e. The van der Waals surface area contributed by atoms with Crippen LogP contribution in [-0.2, 0) is 6.54 Å². The van der Waals surface area contributed by atoms with Crippen LogP contribution in [0.4, 0.5) is 0 Å². The summed E-state index contributed by atoms with van der Waals surface area (Å²) in [5, 5.41) is 7.58. The maximum atomic E-state index is 12.4. The Bertz CT molecular complexity index is 892. The molecule has 3 N–H and O–H groups in total. The van der Waals surface area contributed by atoms with Gasteiger partial charge in [0.1, 0.15) is 5.76 Å². The van der Waals surface area contributed by atoms with Gasteiger partial charge in [-0.2, -0.15) is 5.10 Å². The SMILES string of the molecule is O=C(NC1CC(c2ccccc2)NN1)c1ccc(Cn2cc(Cl)cn2)o1. The van der Waals surface area contributed by atoms with Crippen molar-refractivity contribution in [1.82, 2.24) is 25.9 Å². The molecule has 0 aliphatic carbocycles. The van der Waals surface area contributed by atoms with Crippen LogP contribution in [0.5, 0.6) is 0 Å². The van der Waals surface area contributed by atoms with E-state index in [0.29, 0.717) is 17.3 Å². The van der Waals surface area contributed by atoms with Crippen LogP contribution in [0.1, 0.15) is 34.3 Å². The van der Waals surface area contributed by atoms with Crippen molar-refractivity contribution in [2.75, 3.05) is 0 Å². The van der Waals surface area contributed by atoms with E-state index in [-0.39, 0.29) is 23.9 Å². The summed E-state index contributed by atoms with van der Waals surface area (Å²) < 4.78 is 7.26. The Labute approximate surface area is 155 Å². The zero-order chi connectivity index (χ0) is 17.9. The second kappa shape index (κ2) is 7.33. The van der Waals surface area contributed by atoms with Crippen LogP contribution in [-0.4, -0.2) is 21.9 Å². The van der Waals surface area contributed by atoms with E-state index in [2.05, 4.69) is 33.4 Å². The standard InChI is InChI=1S/C18H18ClN5O2/c19-13-9-20-24(10-13)11-14-6-7-16(26-14)18(25)21-17-8-15(22-23-17)12-4-2-1-3-5-12/h1-7,9-10,15,17,22-23H,8,11H2,(H,21,25). The number of halogens is 1. The Hall–Kier alpha value is -2.61. The predicted molar refractivity (Wildman–Crippen MR) is 96.4 cm³/mol. The van der Waals surface area contributed by atoms with E-state index < -0.39 is 0 Å². The lowest BCUT2D eigenvalue weighted by Gasteiger charge is -2.11. The second-order valence-corrected chi connectivity index (χ2v) is 6.57. The van der Waals surface area contributed by atoms with Gasteiger partial charge >= 0.3 is 0 Å². The topological polar surface area (TPSA) is 84.1 Å². The van der Waals surface area contributed by atoms with E-state index in [1.54, 1.807) is 29.2 Å². The van der Waals surface area contributed by atoms with Crippen molar-refractivity contribution in [2.45, 2.75) is 25.2 Å². The highest BCUT2D eigenvalue weighted by atomic mass is 35.5. The molecule has 4 rings (SSSR count). The summed E-state index contributed by atoms with van der Waals surface area (Å²) in [7, 11) is 0. The summed E-state index contributed by atoms with van der Waals surface area (Å²) in [5.74, 6) is 0.639. The zero-order valence-corrected chi connectivity index (χ0v) is 14.6. The molecular weight excluding hydrogens is 354 g/mol. The van der Waals surface area contributed by atoms with Gasteiger partial charge in [0.25, 0.3) is 5.91 Å². The number of carbonyl (C=O) groups is 1. The van der Waals surface area contributed by atoms with E-state index in [1.807, 2.05) is 18.2 Å². The molecule has 3 aromatic rings. The molecule has 8 heteroatoms. The summed E-state index contributed by atoms with van der Waals surface area (Å²) in [5.41, 5.74) is 7.48. The van der Waals surface area contributed by atoms with Gasteiger partial charge in [-0.25, -0.2) is 10.9 Å². The van der Waals surface area contributed by atoms with Gasteiger partial charge in [-0.3, -0.25) is 9.48 Å². The molecule has 134 valence electrons. The normalized spacial score (nSPS) is 19.6. The van der Waals surface area contributed by atoms with Gasteiger partial charge in [-0.05, 0) is 17.7 Å². The molecular formula is C18H18ClN5O2. The molecule has 0 spiro atoms. The van der Waals surface area contributed by atoms with Gasteiger partial charge < -0.3 is 9.73 Å². The van der Waals surface area contributed by atoms with Crippen molar-refractivity contribution in [3.05, 3.63) is 77.0 Å². The number of aromatic nitrogens is 2. The number of amides is 1. The van der Waals surface area contributed by atoms with E-state index in [9.17, 15) is 4.79 Å². The second-order valence-electron chi connectivity index (χ2n) is 6.14. The lowest BCUT2D eigenvalue weighted by atomic mass is 10.0. The minimum absolute atomic E-state index is 0.151. The lowest BCUT2D eigenvalue weighted by molar-refractivity contribution is 0.0902. The fourth-order valence-corrected chi connectivity index (χ4v) is 3.11. The highest BCUT2D eigenvalue weighted by Crippen LogP contribution is 2.21. The molecule has 1 fully saturated rings. The molecule has 2 aromatic heterocycles. The van der Waals surface area contributed by atoms with Gasteiger partial charge in [-0.15, -0.1) is 0 Å². The first-order chi connectivity index (χ1) is 12.7. The van der Waals surface area contributed by atoms with Crippen molar-refractivity contribution < 1.29 is 9.21 Å². The molecule has 1 aliphatic heterocycles. The van der Waals surface area contributed by atoms with Crippen molar-refractivity contribution in [3.63, 3.8) is 0 Å². The van der Waals surface area contributed by atoms with Crippen LogP contribution in [0.2, 0.25) is 5.02 Å². The number of rotatable bonds is 5. The van der Waals surface area contributed by atoms with Crippen LogP contribution in [0, 0.1) is 0 Å². The minimum atomic E-state index is -0.261. The fourth-order valence-electron chi connectivity index (χ4n) is 2.95. The monoisotopic (exact) mass is 371 g/mol. The molecule has 2 atom stereocenters. The van der Waals surface area contributed by atoms with Gasteiger partial charge in [0.05, 0.1) is 23.9 Å². The van der Waals surface area contributed by atoms with Crippen LogP contribution < -0.4 is 16.2 Å². The molecule has 0 bridgehead atoms. The Morgan fingerprint density at radius 2 is 2.12 bits per heavy atom. The Kier molecular flexibility index (Phi) is 4.75. The van der Waals surface area contributed by atoms with Crippen LogP contribution >= 0.6 is 11.6 Å². The summed E-state index contributed by atoms with van der Waals surface area (Å²) in [6.45, 7) is 0.416. The quantitative estimate of drug-likeness (QED) is 0.641. The molecule has 7 nitrogen and oxygen atoms in total. The zero-order valence-electron chi connectivity index (χ0n) is 13.9. The molecule has 26 heavy (non-hydrogen) atoms. The fraction of sp³-hybridized carbons (Fsp3) is 0.222. The van der Waals surface area contributed by atoms with Gasteiger partial charge in [-0.1, -0.05) is 41.9 Å². The Balaban J connectivity index is 1.34. The Morgan fingerprint density at radius 3 is 2.88 bits per heavy atom. The summed E-state index contributed by atoms with van der Waals surface area (Å²) in [4.78, 5) is 12.4. The first-order valence-corrected chi connectivity index (χ1v) is 8.69. The molecule has 2 unspecified atom stereocenters. The number of benzene rings is 1. The van der Waals surface area contributed by atoms with E-state index in [4.69, 9.17) is 16.0 Å². The van der Waals surface area contributed by atoms with Crippen molar-refractivity contribution in [3.8, 4) is 0 Å². The minimum Gasteiger partial charge on any atom is -0.454 e. The number of carbonyl (C=O) groups excluding carboxylic acids is 1.